The van der Waals surface area contributed by atoms with Gasteiger partial charge in [0.05, 0.1) is 11.7 Å². The van der Waals surface area contributed by atoms with Gasteiger partial charge >= 0.3 is 0 Å². The second kappa shape index (κ2) is 7.38. The Morgan fingerprint density at radius 3 is 2.76 bits per heavy atom. The lowest BCUT2D eigenvalue weighted by Crippen LogP contribution is -2.50. The number of nitrogens with zero attached hydrogens (tertiary/aromatic N) is 3. The Morgan fingerprint density at radius 1 is 1.17 bits per heavy atom. The van der Waals surface area contributed by atoms with E-state index in [0.717, 1.165) is 18.6 Å². The van der Waals surface area contributed by atoms with Gasteiger partial charge in [0, 0.05) is 32.4 Å². The van der Waals surface area contributed by atoms with Gasteiger partial charge in [-0.15, -0.1) is 0 Å². The maximum Gasteiger partial charge on any atom is 0.263 e. The first kappa shape index (κ1) is 19.2. The zero-order valence-electron chi connectivity index (χ0n) is 15.7. The molecule has 152 valence electrons. The zero-order valence-corrected chi connectivity index (χ0v) is 15.7. The van der Waals surface area contributed by atoms with Gasteiger partial charge in [-0.3, -0.25) is 14.4 Å². The van der Waals surface area contributed by atoms with Crippen LogP contribution in [0.15, 0.2) is 35.5 Å². The highest BCUT2D eigenvalue weighted by molar-refractivity contribution is 5.95. The second-order valence-corrected chi connectivity index (χ2v) is 7.63. The highest BCUT2D eigenvalue weighted by Gasteiger charge is 2.49. The van der Waals surface area contributed by atoms with Gasteiger partial charge in [0.1, 0.15) is 5.56 Å². The van der Waals surface area contributed by atoms with Crippen molar-refractivity contribution >= 4 is 11.8 Å². The Bertz CT molecular complexity index is 1020. The van der Waals surface area contributed by atoms with Crippen molar-refractivity contribution < 1.29 is 18.4 Å². The van der Waals surface area contributed by atoms with Crippen LogP contribution in [0.4, 0.5) is 8.78 Å². The number of H-pyrrole nitrogens is 1. The SMILES string of the molecule is O=C(c1cnc[nH]c1=O)N1CC[C@@]2(CCCN(Cc3ccc(F)c(F)c3)C2=O)C1. The third-order valence-electron chi connectivity index (χ3n) is 5.77. The number of rotatable bonds is 3. The van der Waals surface area contributed by atoms with Crippen molar-refractivity contribution in [3.05, 3.63) is 63.8 Å². The van der Waals surface area contributed by atoms with Gasteiger partial charge in [-0.2, -0.15) is 0 Å². The Labute approximate surface area is 165 Å². The van der Waals surface area contributed by atoms with E-state index in [-0.39, 0.29) is 24.6 Å². The van der Waals surface area contributed by atoms with Gasteiger partial charge in [0.15, 0.2) is 11.6 Å². The van der Waals surface area contributed by atoms with Crippen LogP contribution in [0.25, 0.3) is 0 Å². The lowest BCUT2D eigenvalue weighted by molar-refractivity contribution is -0.146. The Balaban J connectivity index is 1.50. The first-order chi connectivity index (χ1) is 13.9. The molecule has 2 aliphatic rings. The highest BCUT2D eigenvalue weighted by atomic mass is 19.2. The molecular weight excluding hydrogens is 382 g/mol. The summed E-state index contributed by atoms with van der Waals surface area (Å²) in [5, 5.41) is 0. The highest BCUT2D eigenvalue weighted by Crippen LogP contribution is 2.40. The number of hydrogen-bond donors (Lipinski definition) is 1. The molecular formula is C20H20F2N4O3. The summed E-state index contributed by atoms with van der Waals surface area (Å²) in [5.74, 6) is -2.41. The van der Waals surface area contributed by atoms with Crippen molar-refractivity contribution in [2.75, 3.05) is 19.6 Å². The van der Waals surface area contributed by atoms with Crippen LogP contribution < -0.4 is 5.56 Å². The number of carbonyl (C=O) groups is 2. The van der Waals surface area contributed by atoms with Crippen LogP contribution in [0.2, 0.25) is 0 Å². The van der Waals surface area contributed by atoms with Crippen LogP contribution in [0.5, 0.6) is 0 Å². The molecule has 3 heterocycles. The number of aromatic amines is 1. The van der Waals surface area contributed by atoms with Crippen molar-refractivity contribution in [3.63, 3.8) is 0 Å². The number of hydrogen-bond acceptors (Lipinski definition) is 4. The molecule has 1 N–H and O–H groups in total. The summed E-state index contributed by atoms with van der Waals surface area (Å²) in [6.45, 7) is 1.31. The third-order valence-corrected chi connectivity index (χ3v) is 5.77. The molecule has 2 fully saturated rings. The lowest BCUT2D eigenvalue weighted by Gasteiger charge is -2.39. The van der Waals surface area contributed by atoms with Crippen molar-refractivity contribution in [2.45, 2.75) is 25.8 Å². The minimum absolute atomic E-state index is 0.0496. The molecule has 9 heteroatoms. The number of carbonyl (C=O) groups excluding carboxylic acids is 2. The van der Waals surface area contributed by atoms with E-state index in [1.165, 1.54) is 23.5 Å². The molecule has 1 aromatic carbocycles. The van der Waals surface area contributed by atoms with Crippen LogP contribution in [-0.2, 0) is 11.3 Å². The maximum absolute atomic E-state index is 13.5. The second-order valence-electron chi connectivity index (χ2n) is 7.63. The number of benzene rings is 1. The zero-order chi connectivity index (χ0) is 20.6. The van der Waals surface area contributed by atoms with Crippen molar-refractivity contribution in [1.29, 1.82) is 0 Å². The normalized spacial score (nSPS) is 21.8. The van der Waals surface area contributed by atoms with Gasteiger partial charge in [-0.1, -0.05) is 6.07 Å². The summed E-state index contributed by atoms with van der Waals surface area (Å²) in [5.41, 5.74) is -0.754. The Hall–Kier alpha value is -3.10. The molecule has 2 saturated heterocycles. The fraction of sp³-hybridized carbons (Fsp3) is 0.400. The molecule has 2 aliphatic heterocycles. The van der Waals surface area contributed by atoms with Crippen LogP contribution in [-0.4, -0.2) is 51.2 Å². The van der Waals surface area contributed by atoms with E-state index in [9.17, 15) is 23.2 Å². The van der Waals surface area contributed by atoms with Crippen molar-refractivity contribution in [3.8, 4) is 0 Å². The third kappa shape index (κ3) is 3.52. The minimum atomic E-state index is -0.944. The number of likely N-dealkylation sites (tertiary alicyclic amines) is 2. The molecule has 7 nitrogen and oxygen atoms in total. The molecule has 4 rings (SSSR count). The quantitative estimate of drug-likeness (QED) is 0.847. The van der Waals surface area contributed by atoms with E-state index >= 15 is 0 Å². The van der Waals surface area contributed by atoms with E-state index in [2.05, 4.69) is 9.97 Å². The maximum atomic E-state index is 13.5. The predicted octanol–water partition coefficient (Wildman–Crippen LogP) is 1.70. The van der Waals surface area contributed by atoms with Gasteiger partial charge in [-0.05, 0) is 37.0 Å². The van der Waals surface area contributed by atoms with E-state index in [4.69, 9.17) is 0 Å². The van der Waals surface area contributed by atoms with Crippen LogP contribution >= 0.6 is 0 Å². The average molecular weight is 402 g/mol. The Morgan fingerprint density at radius 2 is 2.00 bits per heavy atom. The molecule has 0 aliphatic carbocycles. The molecule has 1 atom stereocenters. The van der Waals surface area contributed by atoms with Gasteiger partial charge in [0.25, 0.3) is 11.5 Å². The number of halogens is 2. The smallest absolute Gasteiger partial charge is 0.263 e. The predicted molar refractivity (Wildman–Crippen MR) is 98.8 cm³/mol. The topological polar surface area (TPSA) is 86.4 Å². The largest absolute Gasteiger partial charge is 0.338 e. The number of piperidine rings is 1. The van der Waals surface area contributed by atoms with Gasteiger partial charge < -0.3 is 14.8 Å². The molecule has 2 amide bonds. The molecule has 29 heavy (non-hydrogen) atoms. The fourth-order valence-corrected chi connectivity index (χ4v) is 4.25. The summed E-state index contributed by atoms with van der Waals surface area (Å²) in [7, 11) is 0. The molecule has 0 bridgehead atoms. The average Bonchev–Trinajstić information content (AvgIpc) is 3.13. The lowest BCUT2D eigenvalue weighted by atomic mass is 9.78. The first-order valence-corrected chi connectivity index (χ1v) is 9.45. The van der Waals surface area contributed by atoms with E-state index in [0.29, 0.717) is 31.5 Å². The molecule has 0 saturated carbocycles. The Kier molecular flexibility index (Phi) is 4.89. The monoisotopic (exact) mass is 402 g/mol. The fourth-order valence-electron chi connectivity index (χ4n) is 4.25. The molecule has 0 unspecified atom stereocenters. The molecule has 1 aromatic heterocycles. The summed E-state index contributed by atoms with van der Waals surface area (Å²) >= 11 is 0. The summed E-state index contributed by atoms with van der Waals surface area (Å²) in [6.07, 6.45) is 4.35. The molecule has 2 aromatic rings. The first-order valence-electron chi connectivity index (χ1n) is 9.45. The summed E-state index contributed by atoms with van der Waals surface area (Å²) < 4.78 is 26.7. The number of amides is 2. The van der Waals surface area contributed by atoms with E-state index in [1.54, 1.807) is 4.90 Å². The summed E-state index contributed by atoms with van der Waals surface area (Å²) in [6, 6.07) is 3.62. The van der Waals surface area contributed by atoms with E-state index in [1.807, 2.05) is 0 Å². The van der Waals surface area contributed by atoms with Crippen LogP contribution in [0.3, 0.4) is 0 Å². The van der Waals surface area contributed by atoms with Crippen LogP contribution in [0.1, 0.15) is 35.2 Å². The van der Waals surface area contributed by atoms with Gasteiger partial charge in [-0.25, -0.2) is 13.8 Å². The minimum Gasteiger partial charge on any atom is -0.338 e. The van der Waals surface area contributed by atoms with Crippen molar-refractivity contribution in [2.24, 2.45) is 5.41 Å². The number of nitrogens with one attached hydrogen (secondary N) is 1. The molecule has 0 radical (unpaired) electrons. The van der Waals surface area contributed by atoms with E-state index < -0.39 is 28.5 Å². The molecule has 1 spiro atoms. The van der Waals surface area contributed by atoms with Gasteiger partial charge in [0.2, 0.25) is 5.91 Å². The van der Waals surface area contributed by atoms with Crippen LogP contribution in [0, 0.1) is 17.0 Å². The van der Waals surface area contributed by atoms with Crippen molar-refractivity contribution in [1.82, 2.24) is 19.8 Å². The number of aromatic nitrogens is 2. The summed E-state index contributed by atoms with van der Waals surface area (Å²) in [4.78, 5) is 47.1. The standard InChI is InChI=1S/C20H20F2N4O3/c21-15-3-2-13(8-16(15)22)10-25-6-1-4-20(19(25)29)5-7-26(11-20)18(28)14-9-23-12-24-17(14)27/h2-3,8-9,12H,1,4-7,10-11H2,(H,23,24,27)/t20-/m0/s1.